The molecule has 21 heavy (non-hydrogen) atoms. The van der Waals surface area contributed by atoms with Crippen LogP contribution in [0.2, 0.25) is 0 Å². The van der Waals surface area contributed by atoms with Gasteiger partial charge >= 0.3 is 7.12 Å². The van der Waals surface area contributed by atoms with Crippen molar-refractivity contribution in [2.24, 2.45) is 0 Å². The summed E-state index contributed by atoms with van der Waals surface area (Å²) in [5, 5.41) is 0. The zero-order valence-electron chi connectivity index (χ0n) is 13.0. The maximum absolute atomic E-state index is 14.4. The van der Waals surface area contributed by atoms with Crippen LogP contribution in [-0.2, 0) is 15.7 Å². The number of halogens is 1. The lowest BCUT2D eigenvalue weighted by atomic mass is 9.75. The molecule has 2 aliphatic rings. The normalized spacial score (nSPS) is 23.3. The van der Waals surface area contributed by atoms with E-state index in [1.54, 1.807) is 6.07 Å². The minimum absolute atomic E-state index is 0.0778. The van der Waals surface area contributed by atoms with Gasteiger partial charge in [0.05, 0.1) is 11.2 Å². The first kappa shape index (κ1) is 14.7. The topological polar surface area (TPSA) is 35.5 Å². The van der Waals surface area contributed by atoms with Crippen LogP contribution < -0.4 is 5.46 Å². The van der Waals surface area contributed by atoms with Crippen molar-refractivity contribution < 1.29 is 18.5 Å². The van der Waals surface area contributed by atoms with Crippen molar-refractivity contribution in [1.82, 2.24) is 0 Å². The van der Waals surface area contributed by atoms with Crippen molar-refractivity contribution in [2.75, 3.05) is 0 Å². The standard InChI is InChI=1S/C16H20BFO3/c1-15(2)16(3,4)21-17(20-15)12-9-11-10(8-13(12)18)6-5-7-14(11)19/h8-9H,5-7H2,1-4H3. The predicted molar refractivity (Wildman–Crippen MR) is 79.4 cm³/mol. The molecule has 3 nitrogen and oxygen atoms in total. The molecule has 1 heterocycles. The number of hydrogen-bond acceptors (Lipinski definition) is 3. The van der Waals surface area contributed by atoms with E-state index in [1.807, 2.05) is 27.7 Å². The SMILES string of the molecule is CC1(C)OB(c2cc3c(cc2F)CCCC3=O)OC1(C)C. The highest BCUT2D eigenvalue weighted by Crippen LogP contribution is 2.37. The Morgan fingerprint density at radius 3 is 2.33 bits per heavy atom. The van der Waals surface area contributed by atoms with Gasteiger partial charge in [-0.05, 0) is 58.2 Å². The molecular formula is C16H20BFO3. The van der Waals surface area contributed by atoms with Gasteiger partial charge in [-0.2, -0.15) is 0 Å². The van der Waals surface area contributed by atoms with Crippen molar-refractivity contribution in [2.45, 2.75) is 58.2 Å². The number of hydrogen-bond donors (Lipinski definition) is 0. The van der Waals surface area contributed by atoms with Gasteiger partial charge in [-0.3, -0.25) is 4.79 Å². The Labute approximate surface area is 125 Å². The van der Waals surface area contributed by atoms with Crippen LogP contribution in [0.15, 0.2) is 12.1 Å². The maximum Gasteiger partial charge on any atom is 0.497 e. The lowest BCUT2D eigenvalue weighted by Gasteiger charge is -2.32. The highest BCUT2D eigenvalue weighted by Gasteiger charge is 2.52. The van der Waals surface area contributed by atoms with E-state index >= 15 is 0 Å². The van der Waals surface area contributed by atoms with Crippen LogP contribution in [0.4, 0.5) is 4.39 Å². The van der Waals surface area contributed by atoms with E-state index in [-0.39, 0.29) is 11.6 Å². The number of ketones is 1. The third kappa shape index (κ3) is 2.32. The highest BCUT2D eigenvalue weighted by atomic mass is 19.1. The lowest BCUT2D eigenvalue weighted by molar-refractivity contribution is 0.00578. The molecule has 0 saturated carbocycles. The molecule has 1 aliphatic carbocycles. The van der Waals surface area contributed by atoms with Crippen LogP contribution in [0.25, 0.3) is 0 Å². The van der Waals surface area contributed by atoms with Crippen molar-refractivity contribution in [3.8, 4) is 0 Å². The summed E-state index contributed by atoms with van der Waals surface area (Å²) in [7, 11) is -0.768. The molecular weight excluding hydrogens is 270 g/mol. The first-order valence-electron chi connectivity index (χ1n) is 7.42. The van der Waals surface area contributed by atoms with Crippen LogP contribution in [-0.4, -0.2) is 24.1 Å². The Kier molecular flexibility index (Phi) is 3.26. The molecule has 1 aliphatic heterocycles. The number of carbonyl (C=O) groups is 1. The second-order valence-electron chi connectivity index (χ2n) is 6.90. The van der Waals surface area contributed by atoms with E-state index in [4.69, 9.17) is 9.31 Å². The van der Waals surface area contributed by atoms with Gasteiger partial charge < -0.3 is 9.31 Å². The summed E-state index contributed by atoms with van der Waals surface area (Å²) in [6, 6.07) is 3.08. The second-order valence-corrected chi connectivity index (χ2v) is 6.90. The van der Waals surface area contributed by atoms with Crippen LogP contribution in [0.3, 0.4) is 0 Å². The third-order valence-corrected chi connectivity index (χ3v) is 4.88. The van der Waals surface area contributed by atoms with Gasteiger partial charge in [0.1, 0.15) is 5.82 Å². The average Bonchev–Trinajstić information content (AvgIpc) is 2.58. The molecule has 1 fully saturated rings. The Balaban J connectivity index is 2.01. The first-order valence-corrected chi connectivity index (χ1v) is 7.42. The quantitative estimate of drug-likeness (QED) is 0.746. The number of fused-ring (bicyclic) bond motifs is 1. The molecule has 0 N–H and O–H groups in total. The van der Waals surface area contributed by atoms with Gasteiger partial charge in [-0.1, -0.05) is 0 Å². The van der Waals surface area contributed by atoms with E-state index < -0.39 is 18.3 Å². The zero-order valence-corrected chi connectivity index (χ0v) is 13.0. The Hall–Kier alpha value is -1.20. The fourth-order valence-corrected chi connectivity index (χ4v) is 2.82. The highest BCUT2D eigenvalue weighted by molar-refractivity contribution is 6.62. The molecule has 0 radical (unpaired) electrons. The molecule has 0 spiro atoms. The van der Waals surface area contributed by atoms with Crippen molar-refractivity contribution in [1.29, 1.82) is 0 Å². The monoisotopic (exact) mass is 290 g/mol. The first-order chi connectivity index (χ1) is 9.71. The van der Waals surface area contributed by atoms with Crippen LogP contribution in [0.1, 0.15) is 56.5 Å². The summed E-state index contributed by atoms with van der Waals surface area (Å²) in [6.07, 6.45) is 2.07. The van der Waals surface area contributed by atoms with Gasteiger partial charge in [-0.25, -0.2) is 4.39 Å². The zero-order chi connectivity index (χ0) is 15.4. The minimum Gasteiger partial charge on any atom is -0.399 e. The van der Waals surface area contributed by atoms with E-state index in [2.05, 4.69) is 0 Å². The van der Waals surface area contributed by atoms with Crippen LogP contribution in [0.5, 0.6) is 0 Å². The summed E-state index contributed by atoms with van der Waals surface area (Å²) >= 11 is 0. The van der Waals surface area contributed by atoms with E-state index in [0.29, 0.717) is 17.4 Å². The van der Waals surface area contributed by atoms with Gasteiger partial charge in [0.2, 0.25) is 0 Å². The maximum atomic E-state index is 14.4. The van der Waals surface area contributed by atoms with Crippen LogP contribution in [0, 0.1) is 5.82 Å². The molecule has 0 bridgehead atoms. The molecule has 1 aromatic rings. The summed E-state index contributed by atoms with van der Waals surface area (Å²) < 4.78 is 26.2. The number of benzene rings is 1. The third-order valence-electron chi connectivity index (χ3n) is 4.88. The lowest BCUT2D eigenvalue weighted by Crippen LogP contribution is -2.41. The predicted octanol–water partition coefficient (Wildman–Crippen LogP) is 2.64. The summed E-state index contributed by atoms with van der Waals surface area (Å²) in [5.41, 5.74) is 0.688. The average molecular weight is 290 g/mol. The number of Topliss-reactive ketones (excluding diaryl/α,β-unsaturated/α-hetero) is 1. The van der Waals surface area contributed by atoms with Crippen LogP contribution >= 0.6 is 0 Å². The van der Waals surface area contributed by atoms with Gasteiger partial charge in [0.25, 0.3) is 0 Å². The molecule has 0 amide bonds. The fourth-order valence-electron chi connectivity index (χ4n) is 2.82. The van der Waals surface area contributed by atoms with Crippen molar-refractivity contribution >= 4 is 18.4 Å². The summed E-state index contributed by atoms with van der Waals surface area (Å²) in [5.74, 6) is -0.282. The molecule has 0 aromatic heterocycles. The molecule has 3 rings (SSSR count). The number of carbonyl (C=O) groups excluding carboxylic acids is 1. The summed E-state index contributed by atoms with van der Waals surface area (Å²) in [4.78, 5) is 12.0. The van der Waals surface area contributed by atoms with Gasteiger partial charge in [0, 0.05) is 17.4 Å². The van der Waals surface area contributed by atoms with E-state index in [9.17, 15) is 9.18 Å². The smallest absolute Gasteiger partial charge is 0.399 e. The van der Waals surface area contributed by atoms with Crippen molar-refractivity contribution in [3.05, 3.63) is 29.1 Å². The molecule has 5 heteroatoms. The molecule has 0 atom stereocenters. The van der Waals surface area contributed by atoms with E-state index in [0.717, 1.165) is 18.4 Å². The second kappa shape index (κ2) is 4.65. The fraction of sp³-hybridized carbons (Fsp3) is 0.562. The molecule has 1 aromatic carbocycles. The van der Waals surface area contributed by atoms with Crippen molar-refractivity contribution in [3.63, 3.8) is 0 Å². The Morgan fingerprint density at radius 2 is 1.71 bits per heavy atom. The number of rotatable bonds is 1. The molecule has 112 valence electrons. The molecule has 1 saturated heterocycles. The molecule has 0 unspecified atom stereocenters. The summed E-state index contributed by atoms with van der Waals surface area (Å²) in [6.45, 7) is 7.70. The minimum atomic E-state index is -0.768. The number of aryl methyl sites for hydroxylation is 1. The van der Waals surface area contributed by atoms with E-state index in [1.165, 1.54) is 6.07 Å². The van der Waals surface area contributed by atoms with Gasteiger partial charge in [0.15, 0.2) is 5.78 Å². The van der Waals surface area contributed by atoms with Gasteiger partial charge in [-0.15, -0.1) is 0 Å². The Morgan fingerprint density at radius 1 is 1.10 bits per heavy atom. The largest absolute Gasteiger partial charge is 0.497 e. The Bertz CT molecular complexity index is 594.